The van der Waals surface area contributed by atoms with Crippen LogP contribution in [0.3, 0.4) is 0 Å². The van der Waals surface area contributed by atoms with Crippen LogP contribution in [0.25, 0.3) is 11.4 Å². The molecule has 0 aliphatic carbocycles. The van der Waals surface area contributed by atoms with Gasteiger partial charge in [-0.25, -0.2) is 14.4 Å². The van der Waals surface area contributed by atoms with Gasteiger partial charge in [-0.15, -0.1) is 0 Å². The fourth-order valence-corrected chi connectivity index (χ4v) is 3.38. The van der Waals surface area contributed by atoms with Crippen LogP contribution in [0.15, 0.2) is 94.7 Å². The molecule has 4 rings (SSSR count). The molecule has 166 valence electrons. The number of rotatable bonds is 6. The van der Waals surface area contributed by atoms with Gasteiger partial charge in [0.25, 0.3) is 0 Å². The SMILES string of the molecule is COc1cc(-n2cccn2)ccc1-n1ccc(=O)c(C(C=C(C)N)=Nc2cccc(Cl)c2)n1. The molecule has 0 amide bonds. The lowest BCUT2D eigenvalue weighted by atomic mass is 10.2. The average molecular weight is 461 g/mol. The predicted molar refractivity (Wildman–Crippen MR) is 129 cm³/mol. The van der Waals surface area contributed by atoms with E-state index in [0.29, 0.717) is 33.6 Å². The maximum atomic E-state index is 12.8. The Morgan fingerprint density at radius 1 is 1.12 bits per heavy atom. The van der Waals surface area contributed by atoms with Crippen LogP contribution in [0.5, 0.6) is 5.75 Å². The van der Waals surface area contributed by atoms with Gasteiger partial charge in [-0.1, -0.05) is 17.7 Å². The van der Waals surface area contributed by atoms with Crippen molar-refractivity contribution < 1.29 is 4.74 Å². The summed E-state index contributed by atoms with van der Waals surface area (Å²) >= 11 is 6.09. The van der Waals surface area contributed by atoms with E-state index in [9.17, 15) is 4.79 Å². The number of aliphatic imine (C=N–C) groups is 1. The molecule has 2 heterocycles. The molecule has 4 aromatic rings. The lowest BCUT2D eigenvalue weighted by Gasteiger charge is -2.13. The Kier molecular flexibility index (Phi) is 6.37. The van der Waals surface area contributed by atoms with Gasteiger partial charge in [0.15, 0.2) is 5.69 Å². The van der Waals surface area contributed by atoms with E-state index >= 15 is 0 Å². The third kappa shape index (κ3) is 5.02. The van der Waals surface area contributed by atoms with Crippen LogP contribution < -0.4 is 15.9 Å². The van der Waals surface area contributed by atoms with E-state index < -0.39 is 0 Å². The molecule has 0 aliphatic rings. The Morgan fingerprint density at radius 3 is 2.67 bits per heavy atom. The highest BCUT2D eigenvalue weighted by atomic mass is 35.5. The standard InChI is InChI=1S/C24H21ClN6O2/c1-16(26)13-20(28-18-6-3-5-17(25)14-18)24-22(32)9-12-31(29-24)21-8-7-19(15-23(21)33-2)30-11-4-10-27-30/h3-15H,26H2,1-2H3. The van der Waals surface area contributed by atoms with Crippen LogP contribution in [-0.2, 0) is 0 Å². The van der Waals surface area contributed by atoms with E-state index in [-0.39, 0.29) is 11.1 Å². The van der Waals surface area contributed by atoms with Crippen molar-refractivity contribution in [2.75, 3.05) is 7.11 Å². The first-order valence-corrected chi connectivity index (χ1v) is 10.4. The van der Waals surface area contributed by atoms with Crippen LogP contribution in [-0.4, -0.2) is 32.4 Å². The highest BCUT2D eigenvalue weighted by Crippen LogP contribution is 2.25. The number of nitrogens with two attached hydrogens (primary N) is 1. The molecule has 0 saturated carbocycles. The second-order valence-corrected chi connectivity index (χ2v) is 7.58. The Morgan fingerprint density at radius 2 is 1.97 bits per heavy atom. The minimum Gasteiger partial charge on any atom is -0.494 e. The van der Waals surface area contributed by atoms with Gasteiger partial charge in [0.05, 0.1) is 24.2 Å². The fourth-order valence-electron chi connectivity index (χ4n) is 3.19. The van der Waals surface area contributed by atoms with Crippen molar-refractivity contribution in [2.45, 2.75) is 6.92 Å². The van der Waals surface area contributed by atoms with E-state index in [2.05, 4.69) is 15.2 Å². The number of methoxy groups -OCH3 is 1. The van der Waals surface area contributed by atoms with Gasteiger partial charge in [-0.2, -0.15) is 10.2 Å². The summed E-state index contributed by atoms with van der Waals surface area (Å²) < 4.78 is 8.87. The summed E-state index contributed by atoms with van der Waals surface area (Å²) in [6.45, 7) is 1.71. The second-order valence-electron chi connectivity index (χ2n) is 7.15. The third-order valence-electron chi connectivity index (χ3n) is 4.65. The molecule has 2 aromatic carbocycles. The molecule has 9 heteroatoms. The molecule has 0 spiro atoms. The first-order valence-electron chi connectivity index (χ1n) is 10.0. The molecule has 0 unspecified atom stereocenters. The molecule has 0 atom stereocenters. The first-order chi connectivity index (χ1) is 15.9. The molecule has 0 saturated heterocycles. The number of benzene rings is 2. The van der Waals surface area contributed by atoms with E-state index in [4.69, 9.17) is 22.1 Å². The van der Waals surface area contributed by atoms with Gasteiger partial charge in [0, 0.05) is 41.4 Å². The number of halogens is 1. The topological polar surface area (TPSA) is 100 Å². The van der Waals surface area contributed by atoms with Crippen molar-refractivity contribution in [1.82, 2.24) is 19.6 Å². The fraction of sp³-hybridized carbons (Fsp3) is 0.0833. The summed E-state index contributed by atoms with van der Waals surface area (Å²) in [6, 6.07) is 15.8. The summed E-state index contributed by atoms with van der Waals surface area (Å²) in [7, 11) is 1.57. The van der Waals surface area contributed by atoms with Gasteiger partial charge in [0.1, 0.15) is 11.4 Å². The summed E-state index contributed by atoms with van der Waals surface area (Å²) in [6.07, 6.45) is 6.72. The lowest BCUT2D eigenvalue weighted by Crippen LogP contribution is -2.21. The van der Waals surface area contributed by atoms with Gasteiger partial charge in [-0.05, 0) is 49.4 Å². The van der Waals surface area contributed by atoms with Crippen LogP contribution in [0.1, 0.15) is 12.6 Å². The quantitative estimate of drug-likeness (QED) is 0.437. The average Bonchev–Trinajstić information content (AvgIpc) is 3.33. The number of aromatic nitrogens is 4. The van der Waals surface area contributed by atoms with Crippen molar-refractivity contribution in [3.8, 4) is 17.1 Å². The molecule has 33 heavy (non-hydrogen) atoms. The number of ether oxygens (including phenoxy) is 1. The highest BCUT2D eigenvalue weighted by molar-refractivity contribution is 6.30. The summed E-state index contributed by atoms with van der Waals surface area (Å²) in [5.41, 5.74) is 8.61. The van der Waals surface area contributed by atoms with Crippen LogP contribution in [0.4, 0.5) is 5.69 Å². The van der Waals surface area contributed by atoms with Gasteiger partial charge >= 0.3 is 0 Å². The second kappa shape index (κ2) is 9.54. The summed E-state index contributed by atoms with van der Waals surface area (Å²) in [5, 5.41) is 9.33. The van der Waals surface area contributed by atoms with E-state index in [0.717, 1.165) is 5.69 Å². The zero-order valence-corrected chi connectivity index (χ0v) is 18.8. The minimum atomic E-state index is -0.295. The van der Waals surface area contributed by atoms with Gasteiger partial charge < -0.3 is 10.5 Å². The van der Waals surface area contributed by atoms with Crippen molar-refractivity contribution in [2.24, 2.45) is 10.7 Å². The number of hydrogen-bond acceptors (Lipinski definition) is 6. The molecule has 2 N–H and O–H groups in total. The zero-order chi connectivity index (χ0) is 23.4. The van der Waals surface area contributed by atoms with Gasteiger partial charge in [0.2, 0.25) is 5.43 Å². The maximum absolute atomic E-state index is 12.8. The Balaban J connectivity index is 1.83. The highest BCUT2D eigenvalue weighted by Gasteiger charge is 2.14. The van der Waals surface area contributed by atoms with Crippen molar-refractivity contribution in [3.63, 3.8) is 0 Å². The predicted octanol–water partition coefficient (Wildman–Crippen LogP) is 4.06. The molecule has 2 aromatic heterocycles. The Labute approximate surface area is 195 Å². The molecule has 8 nitrogen and oxygen atoms in total. The van der Waals surface area contributed by atoms with E-state index in [1.54, 1.807) is 66.1 Å². The molecular formula is C24H21ClN6O2. The maximum Gasteiger partial charge on any atom is 0.209 e. The van der Waals surface area contributed by atoms with E-state index in [1.807, 2.05) is 30.5 Å². The molecule has 0 radical (unpaired) electrons. The van der Waals surface area contributed by atoms with Crippen molar-refractivity contribution in [1.29, 1.82) is 0 Å². The Hall–Kier alpha value is -4.17. The van der Waals surface area contributed by atoms with Crippen LogP contribution in [0, 0.1) is 0 Å². The third-order valence-corrected chi connectivity index (χ3v) is 4.89. The number of hydrogen-bond donors (Lipinski definition) is 1. The molecule has 0 aliphatic heterocycles. The van der Waals surface area contributed by atoms with Crippen molar-refractivity contribution >= 4 is 23.0 Å². The summed E-state index contributed by atoms with van der Waals surface area (Å²) in [4.78, 5) is 17.3. The lowest BCUT2D eigenvalue weighted by molar-refractivity contribution is 0.411. The van der Waals surface area contributed by atoms with E-state index in [1.165, 1.54) is 6.07 Å². The van der Waals surface area contributed by atoms with Gasteiger partial charge in [-0.3, -0.25) is 4.79 Å². The normalized spacial score (nSPS) is 12.1. The molecule has 0 fully saturated rings. The van der Waals surface area contributed by atoms with Crippen LogP contribution in [0.2, 0.25) is 5.02 Å². The zero-order valence-electron chi connectivity index (χ0n) is 18.0. The van der Waals surface area contributed by atoms with Crippen molar-refractivity contribution in [3.05, 3.63) is 106 Å². The molecule has 0 bridgehead atoms. The minimum absolute atomic E-state index is 0.139. The Bertz CT molecular complexity index is 1400. The first kappa shape index (κ1) is 22.0. The summed E-state index contributed by atoms with van der Waals surface area (Å²) in [5.74, 6) is 0.559. The number of allylic oxidation sites excluding steroid dienone is 2. The molecular weight excluding hydrogens is 440 g/mol. The number of nitrogens with zero attached hydrogens (tertiary/aromatic N) is 5. The smallest absolute Gasteiger partial charge is 0.209 e. The van der Waals surface area contributed by atoms with Crippen LogP contribution >= 0.6 is 11.6 Å². The largest absolute Gasteiger partial charge is 0.494 e. The monoisotopic (exact) mass is 460 g/mol.